The number of methoxy groups -OCH3 is 1. The van der Waals surface area contributed by atoms with Crippen LogP contribution in [0, 0.1) is 0 Å². The second-order valence-corrected chi connectivity index (χ2v) is 4.45. The molecule has 3 rings (SSSR count). The number of allylic oxidation sites excluding steroid dienone is 4. The Hall–Kier alpha value is -2.42. The van der Waals surface area contributed by atoms with Gasteiger partial charge in [0, 0.05) is 12.8 Å². The van der Waals surface area contributed by atoms with E-state index in [1.807, 2.05) is 30.3 Å². The van der Waals surface area contributed by atoms with Crippen molar-refractivity contribution in [2.45, 2.75) is 12.3 Å². The van der Waals surface area contributed by atoms with E-state index in [9.17, 15) is 0 Å². The summed E-state index contributed by atoms with van der Waals surface area (Å²) in [4.78, 5) is 8.54. The van der Waals surface area contributed by atoms with Crippen LogP contribution in [0.3, 0.4) is 0 Å². The third-order valence-corrected chi connectivity index (χ3v) is 3.17. The minimum Gasteiger partial charge on any atom is -0.497 e. The highest BCUT2D eigenvalue weighted by molar-refractivity contribution is 5.61. The fourth-order valence-corrected chi connectivity index (χ4v) is 2.11. The van der Waals surface area contributed by atoms with Crippen molar-refractivity contribution in [3.8, 4) is 17.0 Å². The number of benzene rings is 1. The first-order valence-corrected chi connectivity index (χ1v) is 6.43. The van der Waals surface area contributed by atoms with Crippen LogP contribution in [0.2, 0.25) is 0 Å². The van der Waals surface area contributed by atoms with Gasteiger partial charge < -0.3 is 4.74 Å². The SMILES string of the molecule is [2H]C1=CC=CC([2H])(c2cc(-c3cccc(OC)c3)ncn2)C1. The van der Waals surface area contributed by atoms with Crippen LogP contribution in [0.1, 0.15) is 20.8 Å². The Morgan fingerprint density at radius 3 is 3.10 bits per heavy atom. The lowest BCUT2D eigenvalue weighted by molar-refractivity contribution is 0.415. The topological polar surface area (TPSA) is 35.0 Å². The van der Waals surface area contributed by atoms with Gasteiger partial charge in [0.1, 0.15) is 12.1 Å². The molecule has 0 spiro atoms. The fourth-order valence-electron chi connectivity index (χ4n) is 2.11. The lowest BCUT2D eigenvalue weighted by Crippen LogP contribution is -2.00. The second kappa shape index (κ2) is 5.70. The van der Waals surface area contributed by atoms with Gasteiger partial charge in [-0.05, 0) is 24.6 Å². The van der Waals surface area contributed by atoms with Crippen LogP contribution in [0.25, 0.3) is 11.3 Å². The van der Waals surface area contributed by atoms with E-state index >= 15 is 0 Å². The summed E-state index contributed by atoms with van der Waals surface area (Å²) in [6, 6.07) is 9.85. The Kier molecular flexibility index (Phi) is 2.96. The molecular weight excluding hydrogens is 248 g/mol. The van der Waals surface area contributed by atoms with Crippen molar-refractivity contribution in [3.63, 3.8) is 0 Å². The molecule has 1 aliphatic rings. The minimum atomic E-state index is -1.01. The van der Waals surface area contributed by atoms with Crippen LogP contribution in [0.15, 0.2) is 60.9 Å². The molecule has 100 valence electrons. The van der Waals surface area contributed by atoms with Gasteiger partial charge in [-0.3, -0.25) is 0 Å². The molecule has 1 atom stereocenters. The average Bonchev–Trinajstić information content (AvgIpc) is 2.55. The molecule has 0 fully saturated rings. The molecule has 0 aliphatic heterocycles. The van der Waals surface area contributed by atoms with Gasteiger partial charge in [0.25, 0.3) is 0 Å². The van der Waals surface area contributed by atoms with Gasteiger partial charge in [0.2, 0.25) is 0 Å². The van der Waals surface area contributed by atoms with Gasteiger partial charge in [-0.15, -0.1) is 0 Å². The molecule has 0 saturated heterocycles. The van der Waals surface area contributed by atoms with E-state index in [0.717, 1.165) is 17.0 Å². The predicted molar refractivity (Wildman–Crippen MR) is 79.7 cm³/mol. The van der Waals surface area contributed by atoms with Crippen LogP contribution in [-0.4, -0.2) is 17.1 Å². The number of hydrogen-bond acceptors (Lipinski definition) is 3. The van der Waals surface area contributed by atoms with Gasteiger partial charge in [-0.2, -0.15) is 0 Å². The quantitative estimate of drug-likeness (QED) is 0.848. The molecule has 1 heterocycles. The van der Waals surface area contributed by atoms with Crippen LogP contribution in [-0.2, 0) is 0 Å². The lowest BCUT2D eigenvalue weighted by atomic mass is 9.96. The van der Waals surface area contributed by atoms with Crippen molar-refractivity contribution in [1.29, 1.82) is 0 Å². The third kappa shape index (κ3) is 2.62. The normalized spacial score (nSPS) is 22.8. The highest BCUT2D eigenvalue weighted by atomic mass is 16.5. The van der Waals surface area contributed by atoms with Gasteiger partial charge in [-0.25, -0.2) is 9.97 Å². The number of hydrogen-bond donors (Lipinski definition) is 0. The Morgan fingerprint density at radius 2 is 2.25 bits per heavy atom. The molecule has 0 radical (unpaired) electrons. The third-order valence-electron chi connectivity index (χ3n) is 3.17. The first-order chi connectivity index (χ1) is 10.6. The van der Waals surface area contributed by atoms with Crippen LogP contribution >= 0.6 is 0 Å². The minimum absolute atomic E-state index is 0.318. The summed E-state index contributed by atoms with van der Waals surface area (Å²) in [7, 11) is 1.62. The fraction of sp³-hybridized carbons (Fsp3) is 0.176. The molecule has 0 amide bonds. The van der Waals surface area contributed by atoms with Crippen molar-refractivity contribution in [1.82, 2.24) is 9.97 Å². The van der Waals surface area contributed by atoms with Gasteiger partial charge in [0.05, 0.1) is 19.9 Å². The molecule has 1 aliphatic carbocycles. The zero-order valence-corrected chi connectivity index (χ0v) is 11.2. The molecule has 20 heavy (non-hydrogen) atoms. The van der Waals surface area contributed by atoms with E-state index in [2.05, 4.69) is 9.97 Å². The maximum absolute atomic E-state index is 8.57. The molecular formula is C17H16N2O. The second-order valence-electron chi connectivity index (χ2n) is 4.45. The zero-order chi connectivity index (χ0) is 15.6. The van der Waals surface area contributed by atoms with Crippen LogP contribution < -0.4 is 4.74 Å². The standard InChI is InChI=1S/C17H16N2O/c1-20-15-9-5-8-14(10-15)17-11-16(18-12-19-17)13-6-3-2-4-7-13/h2-6,8-13H,7H2,1H3/i4D,13D. The largest absolute Gasteiger partial charge is 0.497 e. The molecule has 2 aromatic rings. The van der Waals surface area contributed by atoms with E-state index in [1.165, 1.54) is 6.33 Å². The number of nitrogens with zero attached hydrogens (tertiary/aromatic N) is 2. The average molecular weight is 266 g/mol. The summed E-state index contributed by atoms with van der Waals surface area (Å²) in [6.07, 6.45) is 7.00. The number of rotatable bonds is 3. The van der Waals surface area contributed by atoms with Gasteiger partial charge in [0.15, 0.2) is 0 Å². The Morgan fingerprint density at radius 1 is 1.30 bits per heavy atom. The molecule has 3 heteroatoms. The smallest absolute Gasteiger partial charge is 0.119 e. The summed E-state index contributed by atoms with van der Waals surface area (Å²) < 4.78 is 21.6. The van der Waals surface area contributed by atoms with Crippen LogP contribution in [0.4, 0.5) is 0 Å². The lowest BCUT2D eigenvalue weighted by Gasteiger charge is -2.13. The molecule has 1 unspecified atom stereocenters. The molecule has 0 N–H and O–H groups in total. The highest BCUT2D eigenvalue weighted by Gasteiger charge is 2.11. The molecule has 0 saturated carbocycles. The maximum atomic E-state index is 8.57. The van der Waals surface area contributed by atoms with E-state index in [4.69, 9.17) is 7.48 Å². The van der Waals surface area contributed by atoms with Gasteiger partial charge in [-0.1, -0.05) is 36.4 Å². The first-order valence-electron chi connectivity index (χ1n) is 7.43. The van der Waals surface area contributed by atoms with E-state index in [1.54, 1.807) is 25.3 Å². The van der Waals surface area contributed by atoms with Crippen LogP contribution in [0.5, 0.6) is 5.75 Å². The Bertz CT molecular complexity index is 758. The molecule has 0 bridgehead atoms. The van der Waals surface area contributed by atoms with E-state index in [0.29, 0.717) is 18.2 Å². The Labute approximate surface area is 121 Å². The van der Waals surface area contributed by atoms with Crippen molar-refractivity contribution in [3.05, 3.63) is 66.6 Å². The molecule has 1 aromatic heterocycles. The number of ether oxygens (including phenoxy) is 1. The Balaban J connectivity index is 1.99. The maximum Gasteiger partial charge on any atom is 0.119 e. The van der Waals surface area contributed by atoms with Crippen molar-refractivity contribution in [2.24, 2.45) is 0 Å². The van der Waals surface area contributed by atoms with Crippen molar-refractivity contribution >= 4 is 0 Å². The van der Waals surface area contributed by atoms with Crippen molar-refractivity contribution in [2.75, 3.05) is 7.11 Å². The van der Waals surface area contributed by atoms with Gasteiger partial charge >= 0.3 is 0 Å². The predicted octanol–water partition coefficient (Wildman–Crippen LogP) is 3.75. The van der Waals surface area contributed by atoms with E-state index < -0.39 is 5.89 Å². The molecule has 3 nitrogen and oxygen atoms in total. The summed E-state index contributed by atoms with van der Waals surface area (Å²) >= 11 is 0. The monoisotopic (exact) mass is 266 g/mol. The zero-order valence-electron chi connectivity index (χ0n) is 13.2. The van der Waals surface area contributed by atoms with E-state index in [-0.39, 0.29) is 0 Å². The summed E-state index contributed by atoms with van der Waals surface area (Å²) in [5.41, 5.74) is 2.24. The number of aromatic nitrogens is 2. The summed E-state index contributed by atoms with van der Waals surface area (Å²) in [5, 5.41) is 0. The highest BCUT2D eigenvalue weighted by Crippen LogP contribution is 2.27. The molecule has 1 aromatic carbocycles. The van der Waals surface area contributed by atoms with Crippen molar-refractivity contribution < 1.29 is 7.48 Å². The summed E-state index contributed by atoms with van der Waals surface area (Å²) in [6.45, 7) is 0. The summed E-state index contributed by atoms with van der Waals surface area (Å²) in [5.74, 6) is -0.255. The first kappa shape index (κ1) is 10.4.